The lowest BCUT2D eigenvalue weighted by atomic mass is 9.99. The largest absolute Gasteiger partial charge is 0.309 e. The van der Waals surface area contributed by atoms with E-state index in [0.29, 0.717) is 23.0 Å². The second kappa shape index (κ2) is 13.6. The summed E-state index contributed by atoms with van der Waals surface area (Å²) in [7, 11) is 0. The fraction of sp³-hybridized carbons (Fsp3) is 0. The fourth-order valence-electron chi connectivity index (χ4n) is 8.47. The molecule has 11 rings (SSSR count). The van der Waals surface area contributed by atoms with Crippen molar-refractivity contribution in [1.82, 2.24) is 24.1 Å². The minimum atomic E-state index is 0.476. The van der Waals surface area contributed by atoms with E-state index in [4.69, 9.17) is 15.0 Å². The van der Waals surface area contributed by atoms with Crippen molar-refractivity contribution in [1.29, 1.82) is 5.26 Å². The van der Waals surface area contributed by atoms with Crippen molar-refractivity contribution in [3.63, 3.8) is 0 Å². The molecule has 6 nitrogen and oxygen atoms in total. The summed E-state index contributed by atoms with van der Waals surface area (Å²) in [6, 6.07) is 69.0. The molecular formula is C52H32N6. The molecule has 0 saturated heterocycles. The van der Waals surface area contributed by atoms with E-state index in [1.807, 2.05) is 78.9 Å². The molecule has 0 aliphatic carbocycles. The van der Waals surface area contributed by atoms with Crippen LogP contribution in [0.2, 0.25) is 0 Å². The highest BCUT2D eigenvalue weighted by Gasteiger charge is 2.24. The van der Waals surface area contributed by atoms with Gasteiger partial charge in [-0.2, -0.15) is 5.26 Å². The number of benzene rings is 8. The molecule has 0 aliphatic rings. The Labute approximate surface area is 334 Å². The van der Waals surface area contributed by atoms with E-state index in [0.717, 1.165) is 82.8 Å². The average molecular weight is 741 g/mol. The first-order chi connectivity index (χ1) is 28.7. The van der Waals surface area contributed by atoms with Gasteiger partial charge in [-0.15, -0.1) is 0 Å². The molecule has 6 heteroatoms. The molecule has 0 atom stereocenters. The summed E-state index contributed by atoms with van der Waals surface area (Å²) < 4.78 is 4.69. The molecule has 0 amide bonds. The summed E-state index contributed by atoms with van der Waals surface area (Å²) in [5.41, 5.74) is 11.4. The summed E-state index contributed by atoms with van der Waals surface area (Å²) in [5.74, 6) is 1.57. The fourth-order valence-corrected chi connectivity index (χ4v) is 8.47. The van der Waals surface area contributed by atoms with Gasteiger partial charge in [0.1, 0.15) is 0 Å². The van der Waals surface area contributed by atoms with Gasteiger partial charge in [0.05, 0.1) is 39.4 Å². The first-order valence-corrected chi connectivity index (χ1v) is 19.3. The van der Waals surface area contributed by atoms with Crippen molar-refractivity contribution in [2.24, 2.45) is 0 Å². The Bertz CT molecular complexity index is 3390. The number of fused-ring (bicyclic) bond motifs is 7. The number of para-hydroxylation sites is 3. The van der Waals surface area contributed by atoms with Gasteiger partial charge in [-0.1, -0.05) is 146 Å². The SMILES string of the molecule is N#Cc1ccc(-n2c3ccccc3c3ccc4c(c5ccccc5n4-c4ccccc4)c32)c(-c2nc(-c3ccccc3)nc(-c3ccccc3-c3ccccc3)n2)c1. The first-order valence-electron chi connectivity index (χ1n) is 19.3. The maximum absolute atomic E-state index is 10.4. The predicted octanol–water partition coefficient (Wildman–Crippen LogP) is 12.6. The van der Waals surface area contributed by atoms with Gasteiger partial charge in [0.25, 0.3) is 0 Å². The lowest BCUT2D eigenvalue weighted by Crippen LogP contribution is -2.04. The second-order valence-corrected chi connectivity index (χ2v) is 14.3. The minimum Gasteiger partial charge on any atom is -0.309 e. The maximum Gasteiger partial charge on any atom is 0.166 e. The Morgan fingerprint density at radius 1 is 0.397 bits per heavy atom. The number of nitrogens with zero attached hydrogens (tertiary/aromatic N) is 6. The van der Waals surface area contributed by atoms with Crippen molar-refractivity contribution in [2.45, 2.75) is 0 Å². The summed E-state index contributed by atoms with van der Waals surface area (Å²) in [4.78, 5) is 15.6. The van der Waals surface area contributed by atoms with E-state index >= 15 is 0 Å². The zero-order valence-electron chi connectivity index (χ0n) is 31.2. The Morgan fingerprint density at radius 3 is 1.69 bits per heavy atom. The van der Waals surface area contributed by atoms with Crippen LogP contribution in [0.15, 0.2) is 194 Å². The van der Waals surface area contributed by atoms with Crippen LogP contribution in [-0.2, 0) is 0 Å². The number of hydrogen-bond acceptors (Lipinski definition) is 4. The molecule has 0 bridgehead atoms. The van der Waals surface area contributed by atoms with E-state index in [2.05, 4.69) is 130 Å². The molecule has 8 aromatic carbocycles. The maximum atomic E-state index is 10.4. The smallest absolute Gasteiger partial charge is 0.166 e. The van der Waals surface area contributed by atoms with Gasteiger partial charge in [0.2, 0.25) is 0 Å². The monoisotopic (exact) mass is 740 g/mol. The third-order valence-corrected chi connectivity index (χ3v) is 11.0. The molecule has 0 spiro atoms. The lowest BCUT2D eigenvalue weighted by molar-refractivity contribution is 1.06. The predicted molar refractivity (Wildman–Crippen MR) is 235 cm³/mol. The molecule has 0 fully saturated rings. The van der Waals surface area contributed by atoms with E-state index in [1.54, 1.807) is 0 Å². The number of hydrogen-bond donors (Lipinski definition) is 0. The van der Waals surface area contributed by atoms with Crippen LogP contribution in [0.3, 0.4) is 0 Å². The van der Waals surface area contributed by atoms with Crippen molar-refractivity contribution in [3.8, 4) is 62.7 Å². The van der Waals surface area contributed by atoms with Crippen LogP contribution in [0.25, 0.3) is 100 Å². The molecule has 0 saturated carbocycles. The van der Waals surface area contributed by atoms with Gasteiger partial charge in [-0.05, 0) is 59.7 Å². The highest BCUT2D eigenvalue weighted by molar-refractivity contribution is 6.26. The molecule has 11 aromatic rings. The van der Waals surface area contributed by atoms with Gasteiger partial charge in [-0.3, -0.25) is 0 Å². The van der Waals surface area contributed by atoms with Crippen LogP contribution in [0, 0.1) is 11.3 Å². The number of nitriles is 1. The Kier molecular flexibility index (Phi) is 7.76. The molecular weight excluding hydrogens is 709 g/mol. The van der Waals surface area contributed by atoms with Gasteiger partial charge in [0, 0.05) is 43.9 Å². The summed E-state index contributed by atoms with van der Waals surface area (Å²) in [6.07, 6.45) is 0. The molecule has 58 heavy (non-hydrogen) atoms. The minimum absolute atomic E-state index is 0.476. The Hall–Kier alpha value is -8.14. The molecule has 0 radical (unpaired) electrons. The summed E-state index contributed by atoms with van der Waals surface area (Å²) >= 11 is 0. The molecule has 0 unspecified atom stereocenters. The first kappa shape index (κ1) is 33.2. The van der Waals surface area contributed by atoms with Crippen molar-refractivity contribution in [3.05, 3.63) is 200 Å². The molecule has 3 heterocycles. The molecule has 3 aromatic heterocycles. The topological polar surface area (TPSA) is 72.3 Å². The lowest BCUT2D eigenvalue weighted by Gasteiger charge is -2.16. The molecule has 270 valence electrons. The van der Waals surface area contributed by atoms with Crippen LogP contribution in [0.5, 0.6) is 0 Å². The number of aromatic nitrogens is 5. The summed E-state index contributed by atoms with van der Waals surface area (Å²) in [5, 5.41) is 14.9. The van der Waals surface area contributed by atoms with E-state index in [9.17, 15) is 5.26 Å². The Morgan fingerprint density at radius 2 is 0.966 bits per heavy atom. The van der Waals surface area contributed by atoms with Gasteiger partial charge < -0.3 is 9.13 Å². The van der Waals surface area contributed by atoms with Crippen molar-refractivity contribution in [2.75, 3.05) is 0 Å². The van der Waals surface area contributed by atoms with Crippen molar-refractivity contribution < 1.29 is 0 Å². The van der Waals surface area contributed by atoms with Crippen LogP contribution >= 0.6 is 0 Å². The number of rotatable bonds is 6. The zero-order chi connectivity index (χ0) is 38.6. The van der Waals surface area contributed by atoms with E-state index in [1.165, 1.54) is 0 Å². The standard InChI is InChI=1S/C52H32N6/c53-33-34-28-30-46(43(32-34)52-55-50(36-18-6-2-7-19-36)54-51(56-52)41-24-11-10-22-38(41)35-16-4-1-5-17-35)58-44-26-14-12-23-39(44)40-29-31-47-48(49(40)58)42-25-13-15-27-45(42)57(47)37-20-8-3-9-21-37/h1-32H. The third kappa shape index (κ3) is 5.30. The molecule has 0 aliphatic heterocycles. The highest BCUT2D eigenvalue weighted by atomic mass is 15.1. The molecule has 0 N–H and O–H groups in total. The van der Waals surface area contributed by atoms with Gasteiger partial charge in [-0.25, -0.2) is 15.0 Å². The van der Waals surface area contributed by atoms with Crippen molar-refractivity contribution >= 4 is 43.6 Å². The quantitative estimate of drug-likeness (QED) is 0.170. The van der Waals surface area contributed by atoms with E-state index in [-0.39, 0.29) is 0 Å². The summed E-state index contributed by atoms with van der Waals surface area (Å²) in [6.45, 7) is 0. The highest BCUT2D eigenvalue weighted by Crippen LogP contribution is 2.43. The van der Waals surface area contributed by atoms with Crippen LogP contribution in [0.1, 0.15) is 5.56 Å². The van der Waals surface area contributed by atoms with Gasteiger partial charge in [0.15, 0.2) is 17.5 Å². The van der Waals surface area contributed by atoms with Crippen LogP contribution in [0.4, 0.5) is 0 Å². The Balaban J connectivity index is 1.25. The third-order valence-electron chi connectivity index (χ3n) is 11.0. The van der Waals surface area contributed by atoms with Gasteiger partial charge >= 0.3 is 0 Å². The van der Waals surface area contributed by atoms with Crippen LogP contribution in [-0.4, -0.2) is 24.1 Å². The average Bonchev–Trinajstić information content (AvgIpc) is 3.82. The van der Waals surface area contributed by atoms with Crippen LogP contribution < -0.4 is 0 Å². The van der Waals surface area contributed by atoms with E-state index < -0.39 is 0 Å². The normalized spacial score (nSPS) is 11.4. The second-order valence-electron chi connectivity index (χ2n) is 14.3. The zero-order valence-corrected chi connectivity index (χ0v) is 31.2.